The molecule has 2 rings (SSSR count). The highest BCUT2D eigenvalue weighted by molar-refractivity contribution is 5.84. The third-order valence-electron chi connectivity index (χ3n) is 3.58. The first kappa shape index (κ1) is 10.9. The van der Waals surface area contributed by atoms with Crippen LogP contribution < -0.4 is 5.32 Å². The summed E-state index contributed by atoms with van der Waals surface area (Å²) in [4.78, 5) is 16.4. The standard InChI is InChI=1S/C11H21N3O/c1-4-10-11(15)14(8(2)12-10)9-5-6-13(3)7-9/h8-10,12H,4-7H2,1-3H3. The lowest BCUT2D eigenvalue weighted by molar-refractivity contribution is -0.131. The smallest absolute Gasteiger partial charge is 0.241 e. The molecule has 2 aliphatic rings. The summed E-state index contributed by atoms with van der Waals surface area (Å²) in [7, 11) is 2.12. The van der Waals surface area contributed by atoms with Crippen LogP contribution in [-0.4, -0.2) is 54.1 Å². The molecular formula is C11H21N3O. The van der Waals surface area contributed by atoms with E-state index in [-0.39, 0.29) is 12.2 Å². The van der Waals surface area contributed by atoms with Crippen molar-refractivity contribution in [2.75, 3.05) is 20.1 Å². The third-order valence-corrected chi connectivity index (χ3v) is 3.58. The maximum absolute atomic E-state index is 12.1. The molecule has 0 saturated carbocycles. The minimum absolute atomic E-state index is 0.0471. The number of nitrogens with one attached hydrogen (secondary N) is 1. The average molecular weight is 211 g/mol. The van der Waals surface area contributed by atoms with Gasteiger partial charge in [0.1, 0.15) is 0 Å². The molecule has 0 spiro atoms. The maximum atomic E-state index is 12.1. The highest BCUT2D eigenvalue weighted by Crippen LogP contribution is 2.22. The van der Waals surface area contributed by atoms with Crippen molar-refractivity contribution >= 4 is 5.91 Å². The van der Waals surface area contributed by atoms with Crippen molar-refractivity contribution in [3.8, 4) is 0 Å². The molecule has 1 amide bonds. The molecule has 3 atom stereocenters. The Morgan fingerprint density at radius 3 is 2.73 bits per heavy atom. The summed E-state index contributed by atoms with van der Waals surface area (Å²) in [6, 6.07) is 0.465. The molecule has 0 aromatic heterocycles. The Balaban J connectivity index is 2.05. The van der Waals surface area contributed by atoms with Crippen LogP contribution in [0.1, 0.15) is 26.7 Å². The van der Waals surface area contributed by atoms with Crippen molar-refractivity contribution in [1.82, 2.24) is 15.1 Å². The van der Waals surface area contributed by atoms with Crippen LogP contribution in [0.15, 0.2) is 0 Å². The first-order valence-electron chi connectivity index (χ1n) is 5.90. The number of carbonyl (C=O) groups is 1. The van der Waals surface area contributed by atoms with Crippen molar-refractivity contribution in [2.24, 2.45) is 0 Å². The first-order valence-corrected chi connectivity index (χ1v) is 5.90. The van der Waals surface area contributed by atoms with Gasteiger partial charge < -0.3 is 9.80 Å². The van der Waals surface area contributed by atoms with Gasteiger partial charge >= 0.3 is 0 Å². The van der Waals surface area contributed by atoms with Crippen molar-refractivity contribution in [2.45, 2.75) is 44.9 Å². The Morgan fingerprint density at radius 2 is 2.27 bits per heavy atom. The minimum atomic E-state index is 0.0471. The van der Waals surface area contributed by atoms with E-state index in [2.05, 4.69) is 36.0 Å². The second-order valence-electron chi connectivity index (χ2n) is 4.75. The van der Waals surface area contributed by atoms with Crippen LogP contribution in [0.3, 0.4) is 0 Å². The van der Waals surface area contributed by atoms with Crippen LogP contribution >= 0.6 is 0 Å². The van der Waals surface area contributed by atoms with Crippen molar-refractivity contribution < 1.29 is 4.79 Å². The van der Waals surface area contributed by atoms with E-state index in [1.165, 1.54) is 0 Å². The topological polar surface area (TPSA) is 35.6 Å². The molecule has 0 bridgehead atoms. The van der Waals surface area contributed by atoms with Gasteiger partial charge in [0.2, 0.25) is 5.91 Å². The lowest BCUT2D eigenvalue weighted by Gasteiger charge is -2.27. The highest BCUT2D eigenvalue weighted by Gasteiger charge is 2.40. The zero-order chi connectivity index (χ0) is 11.0. The van der Waals surface area contributed by atoms with E-state index in [0.29, 0.717) is 11.9 Å². The Bertz CT molecular complexity index is 256. The average Bonchev–Trinajstić information content (AvgIpc) is 2.71. The molecule has 2 fully saturated rings. The summed E-state index contributed by atoms with van der Waals surface area (Å²) in [6.45, 7) is 6.28. The van der Waals surface area contributed by atoms with Crippen LogP contribution in [0.25, 0.3) is 0 Å². The fourth-order valence-electron chi connectivity index (χ4n) is 2.74. The number of amides is 1. The summed E-state index contributed by atoms with van der Waals surface area (Å²) in [5.74, 6) is 0.297. The Hall–Kier alpha value is -0.610. The van der Waals surface area contributed by atoms with Gasteiger partial charge in [-0.3, -0.25) is 10.1 Å². The van der Waals surface area contributed by atoms with Crippen LogP contribution in [-0.2, 0) is 4.79 Å². The molecule has 0 radical (unpaired) electrons. The SMILES string of the molecule is CCC1NC(C)N(C2CCN(C)C2)C1=O. The number of hydrogen-bond donors (Lipinski definition) is 1. The zero-order valence-corrected chi connectivity index (χ0v) is 9.86. The second kappa shape index (κ2) is 4.10. The van der Waals surface area contributed by atoms with Gasteiger partial charge in [0.15, 0.2) is 0 Å². The van der Waals surface area contributed by atoms with E-state index in [9.17, 15) is 4.79 Å². The summed E-state index contributed by atoms with van der Waals surface area (Å²) in [5.41, 5.74) is 0. The fourth-order valence-corrected chi connectivity index (χ4v) is 2.74. The van der Waals surface area contributed by atoms with E-state index >= 15 is 0 Å². The van der Waals surface area contributed by atoms with Gasteiger partial charge in [-0.25, -0.2) is 0 Å². The predicted molar refractivity (Wildman–Crippen MR) is 59.4 cm³/mol. The molecule has 4 heteroatoms. The molecule has 86 valence electrons. The van der Waals surface area contributed by atoms with Crippen molar-refractivity contribution in [3.63, 3.8) is 0 Å². The van der Waals surface area contributed by atoms with Crippen molar-refractivity contribution in [1.29, 1.82) is 0 Å². The van der Waals surface area contributed by atoms with Gasteiger partial charge in [0.05, 0.1) is 12.2 Å². The van der Waals surface area contributed by atoms with Crippen LogP contribution in [0.2, 0.25) is 0 Å². The molecule has 3 unspecified atom stereocenters. The molecular weight excluding hydrogens is 190 g/mol. The van der Waals surface area contributed by atoms with Gasteiger partial charge in [-0.05, 0) is 33.4 Å². The van der Waals surface area contributed by atoms with Crippen LogP contribution in [0, 0.1) is 0 Å². The minimum Gasteiger partial charge on any atom is -0.322 e. The Labute approximate surface area is 91.6 Å². The number of nitrogens with zero attached hydrogens (tertiary/aromatic N) is 2. The largest absolute Gasteiger partial charge is 0.322 e. The molecule has 2 heterocycles. The number of likely N-dealkylation sites (tertiary alicyclic amines) is 1. The second-order valence-corrected chi connectivity index (χ2v) is 4.75. The summed E-state index contributed by atoms with van der Waals surface area (Å²) >= 11 is 0. The van der Waals surface area contributed by atoms with Gasteiger partial charge in [-0.2, -0.15) is 0 Å². The van der Waals surface area contributed by atoms with Crippen LogP contribution in [0.5, 0.6) is 0 Å². The molecule has 0 aromatic rings. The van der Waals surface area contributed by atoms with E-state index in [1.807, 2.05) is 0 Å². The molecule has 2 saturated heterocycles. The van der Waals surface area contributed by atoms with Gasteiger partial charge in [-0.15, -0.1) is 0 Å². The molecule has 2 aliphatic heterocycles. The van der Waals surface area contributed by atoms with Crippen LogP contribution in [0.4, 0.5) is 0 Å². The normalized spacial score (nSPS) is 37.9. The van der Waals surface area contributed by atoms with Crippen molar-refractivity contribution in [3.05, 3.63) is 0 Å². The summed E-state index contributed by atoms with van der Waals surface area (Å²) in [6.07, 6.45) is 2.21. The Morgan fingerprint density at radius 1 is 1.53 bits per heavy atom. The zero-order valence-electron chi connectivity index (χ0n) is 9.86. The highest BCUT2D eigenvalue weighted by atomic mass is 16.2. The Kier molecular flexibility index (Phi) is 2.98. The molecule has 1 N–H and O–H groups in total. The number of carbonyl (C=O) groups excluding carboxylic acids is 1. The van der Waals surface area contributed by atoms with Gasteiger partial charge in [0.25, 0.3) is 0 Å². The fraction of sp³-hybridized carbons (Fsp3) is 0.909. The quantitative estimate of drug-likeness (QED) is 0.711. The molecule has 4 nitrogen and oxygen atoms in total. The van der Waals surface area contributed by atoms with Gasteiger partial charge in [-0.1, -0.05) is 6.92 Å². The first-order chi connectivity index (χ1) is 7.13. The monoisotopic (exact) mass is 211 g/mol. The van der Waals surface area contributed by atoms with Gasteiger partial charge in [0, 0.05) is 12.6 Å². The number of likely N-dealkylation sites (N-methyl/N-ethyl adjacent to an activating group) is 1. The van der Waals surface area contributed by atoms with E-state index in [1.54, 1.807) is 0 Å². The molecule has 0 aliphatic carbocycles. The predicted octanol–water partition coefficient (Wildman–Crippen LogP) is 0.247. The van der Waals surface area contributed by atoms with E-state index < -0.39 is 0 Å². The molecule has 15 heavy (non-hydrogen) atoms. The lowest BCUT2D eigenvalue weighted by atomic mass is 10.2. The van der Waals surface area contributed by atoms with E-state index in [0.717, 1.165) is 25.9 Å². The summed E-state index contributed by atoms with van der Waals surface area (Å²) < 4.78 is 0. The lowest BCUT2D eigenvalue weighted by Crippen LogP contribution is -2.44. The molecule has 0 aromatic carbocycles. The number of hydrogen-bond acceptors (Lipinski definition) is 3. The van der Waals surface area contributed by atoms with E-state index in [4.69, 9.17) is 0 Å². The third kappa shape index (κ3) is 1.88. The number of rotatable bonds is 2. The maximum Gasteiger partial charge on any atom is 0.241 e. The summed E-state index contributed by atoms with van der Waals surface area (Å²) in [5, 5.41) is 3.35.